The SMILES string of the molecule is CNc1nc(NC2CCCCC2C(C)C)c2[nH]cnc2n1. The number of hydrogen-bond acceptors (Lipinski definition) is 5. The summed E-state index contributed by atoms with van der Waals surface area (Å²) < 4.78 is 0. The highest BCUT2D eigenvalue weighted by molar-refractivity contribution is 5.83. The van der Waals surface area contributed by atoms with Gasteiger partial charge in [-0.15, -0.1) is 0 Å². The molecule has 0 bridgehead atoms. The Morgan fingerprint density at radius 1 is 1.24 bits per heavy atom. The summed E-state index contributed by atoms with van der Waals surface area (Å²) >= 11 is 0. The molecule has 2 aromatic heterocycles. The van der Waals surface area contributed by atoms with E-state index in [4.69, 9.17) is 0 Å². The third-order valence-corrected chi connectivity index (χ3v) is 4.51. The molecule has 1 aliphatic carbocycles. The Morgan fingerprint density at radius 2 is 2.05 bits per heavy atom. The monoisotopic (exact) mass is 288 g/mol. The first kappa shape index (κ1) is 14.1. The molecule has 6 heteroatoms. The van der Waals surface area contributed by atoms with Gasteiger partial charge in [-0.2, -0.15) is 9.97 Å². The first-order valence-electron chi connectivity index (χ1n) is 7.84. The molecule has 2 atom stereocenters. The van der Waals surface area contributed by atoms with Crippen LogP contribution in [0.3, 0.4) is 0 Å². The first-order valence-corrected chi connectivity index (χ1v) is 7.84. The molecular formula is C15H24N6. The van der Waals surface area contributed by atoms with Crippen LogP contribution in [0.1, 0.15) is 39.5 Å². The zero-order chi connectivity index (χ0) is 14.8. The number of H-pyrrole nitrogens is 1. The molecule has 3 rings (SSSR count). The average molecular weight is 288 g/mol. The predicted molar refractivity (Wildman–Crippen MR) is 85.4 cm³/mol. The van der Waals surface area contributed by atoms with Gasteiger partial charge in [-0.1, -0.05) is 26.7 Å². The Hall–Kier alpha value is -1.85. The molecule has 6 nitrogen and oxygen atoms in total. The van der Waals surface area contributed by atoms with E-state index in [0.29, 0.717) is 29.5 Å². The van der Waals surface area contributed by atoms with Crippen molar-refractivity contribution < 1.29 is 0 Å². The number of nitrogens with zero attached hydrogens (tertiary/aromatic N) is 3. The number of imidazole rings is 1. The van der Waals surface area contributed by atoms with E-state index < -0.39 is 0 Å². The fourth-order valence-corrected chi connectivity index (χ4v) is 3.36. The molecule has 0 radical (unpaired) electrons. The minimum atomic E-state index is 0.477. The summed E-state index contributed by atoms with van der Waals surface area (Å²) in [5, 5.41) is 6.66. The predicted octanol–water partition coefficient (Wildman–Crippen LogP) is 3.02. The van der Waals surface area contributed by atoms with Crippen LogP contribution in [-0.2, 0) is 0 Å². The first-order chi connectivity index (χ1) is 10.2. The number of aromatic nitrogens is 4. The number of aromatic amines is 1. The van der Waals surface area contributed by atoms with E-state index in [2.05, 4.69) is 44.4 Å². The van der Waals surface area contributed by atoms with E-state index in [9.17, 15) is 0 Å². The smallest absolute Gasteiger partial charge is 0.226 e. The summed E-state index contributed by atoms with van der Waals surface area (Å²) in [5.74, 6) is 2.85. The topological polar surface area (TPSA) is 78.5 Å². The molecule has 1 aliphatic rings. The molecule has 2 aromatic rings. The van der Waals surface area contributed by atoms with Crippen LogP contribution in [0, 0.1) is 11.8 Å². The van der Waals surface area contributed by atoms with Gasteiger partial charge in [-0.25, -0.2) is 4.98 Å². The molecule has 1 saturated carbocycles. The number of hydrogen-bond donors (Lipinski definition) is 3. The Balaban J connectivity index is 1.90. The number of rotatable bonds is 4. The normalized spacial score (nSPS) is 22.7. The van der Waals surface area contributed by atoms with Crippen LogP contribution in [0.5, 0.6) is 0 Å². The lowest BCUT2D eigenvalue weighted by Crippen LogP contribution is -2.35. The lowest BCUT2D eigenvalue weighted by Gasteiger charge is -2.35. The average Bonchev–Trinajstić information content (AvgIpc) is 2.96. The lowest BCUT2D eigenvalue weighted by molar-refractivity contribution is 0.253. The Morgan fingerprint density at radius 3 is 2.81 bits per heavy atom. The van der Waals surface area contributed by atoms with E-state index >= 15 is 0 Å². The summed E-state index contributed by atoms with van der Waals surface area (Å²) in [6, 6.07) is 0.477. The van der Waals surface area contributed by atoms with Crippen molar-refractivity contribution in [1.29, 1.82) is 0 Å². The van der Waals surface area contributed by atoms with E-state index in [-0.39, 0.29) is 0 Å². The summed E-state index contributed by atoms with van der Waals surface area (Å²) in [5.41, 5.74) is 1.59. The van der Waals surface area contributed by atoms with Crippen LogP contribution in [0.2, 0.25) is 0 Å². The van der Waals surface area contributed by atoms with E-state index in [0.717, 1.165) is 11.3 Å². The standard InChI is InChI=1S/C15H24N6/c1-9(2)10-6-4-5-7-11(10)19-14-12-13(18-8-17-12)20-15(16-3)21-14/h8-11H,4-7H2,1-3H3,(H3,16,17,18,19,20,21). The Bertz CT molecular complexity index is 605. The molecule has 1 fully saturated rings. The van der Waals surface area contributed by atoms with E-state index in [1.807, 2.05) is 7.05 Å². The molecular weight excluding hydrogens is 264 g/mol. The van der Waals surface area contributed by atoms with Crippen LogP contribution in [0.15, 0.2) is 6.33 Å². The van der Waals surface area contributed by atoms with Gasteiger partial charge < -0.3 is 15.6 Å². The highest BCUT2D eigenvalue weighted by Gasteiger charge is 2.28. The molecule has 3 N–H and O–H groups in total. The van der Waals surface area contributed by atoms with Gasteiger partial charge in [0, 0.05) is 13.1 Å². The summed E-state index contributed by atoms with van der Waals surface area (Å²) in [7, 11) is 1.83. The quantitative estimate of drug-likeness (QED) is 0.806. The van der Waals surface area contributed by atoms with Crippen molar-refractivity contribution in [2.75, 3.05) is 17.7 Å². The van der Waals surface area contributed by atoms with Crippen LogP contribution in [-0.4, -0.2) is 33.0 Å². The van der Waals surface area contributed by atoms with Crippen LogP contribution >= 0.6 is 0 Å². The van der Waals surface area contributed by atoms with Crippen LogP contribution in [0.4, 0.5) is 11.8 Å². The summed E-state index contributed by atoms with van der Waals surface area (Å²) in [4.78, 5) is 16.3. The van der Waals surface area contributed by atoms with Gasteiger partial charge in [0.2, 0.25) is 5.95 Å². The number of fused-ring (bicyclic) bond motifs is 1. The fraction of sp³-hybridized carbons (Fsp3) is 0.667. The maximum Gasteiger partial charge on any atom is 0.226 e. The molecule has 0 amide bonds. The van der Waals surface area contributed by atoms with Crippen molar-refractivity contribution >= 4 is 22.9 Å². The van der Waals surface area contributed by atoms with E-state index in [1.165, 1.54) is 25.7 Å². The highest BCUT2D eigenvalue weighted by atomic mass is 15.2. The van der Waals surface area contributed by atoms with Crippen LogP contribution < -0.4 is 10.6 Å². The second-order valence-corrected chi connectivity index (χ2v) is 6.19. The van der Waals surface area contributed by atoms with Crippen LogP contribution in [0.25, 0.3) is 11.2 Å². The molecule has 2 heterocycles. The van der Waals surface area contributed by atoms with Crippen molar-refractivity contribution in [2.24, 2.45) is 11.8 Å². The maximum absolute atomic E-state index is 4.57. The molecule has 21 heavy (non-hydrogen) atoms. The lowest BCUT2D eigenvalue weighted by atomic mass is 9.78. The molecule has 0 aromatic carbocycles. The largest absolute Gasteiger partial charge is 0.365 e. The zero-order valence-electron chi connectivity index (χ0n) is 13.0. The van der Waals surface area contributed by atoms with Crippen molar-refractivity contribution in [3.05, 3.63) is 6.33 Å². The van der Waals surface area contributed by atoms with Gasteiger partial charge in [0.05, 0.1) is 6.33 Å². The fourth-order valence-electron chi connectivity index (χ4n) is 3.36. The molecule has 0 spiro atoms. The van der Waals surface area contributed by atoms with Gasteiger partial charge in [0.1, 0.15) is 5.52 Å². The third-order valence-electron chi connectivity index (χ3n) is 4.51. The van der Waals surface area contributed by atoms with Gasteiger partial charge in [0.15, 0.2) is 11.5 Å². The highest BCUT2D eigenvalue weighted by Crippen LogP contribution is 2.33. The van der Waals surface area contributed by atoms with Crippen molar-refractivity contribution in [3.63, 3.8) is 0 Å². The molecule has 0 saturated heterocycles. The second kappa shape index (κ2) is 5.87. The van der Waals surface area contributed by atoms with Crippen molar-refractivity contribution in [3.8, 4) is 0 Å². The molecule has 0 aliphatic heterocycles. The zero-order valence-corrected chi connectivity index (χ0v) is 13.0. The molecule has 114 valence electrons. The maximum atomic E-state index is 4.57. The van der Waals surface area contributed by atoms with Gasteiger partial charge in [0.25, 0.3) is 0 Å². The number of anilines is 2. The molecule has 2 unspecified atom stereocenters. The Labute approximate surface area is 125 Å². The van der Waals surface area contributed by atoms with Crippen molar-refractivity contribution in [2.45, 2.75) is 45.6 Å². The summed E-state index contributed by atoms with van der Waals surface area (Å²) in [6.45, 7) is 4.63. The summed E-state index contributed by atoms with van der Waals surface area (Å²) in [6.07, 6.45) is 6.80. The van der Waals surface area contributed by atoms with Crippen molar-refractivity contribution in [1.82, 2.24) is 19.9 Å². The Kier molecular flexibility index (Phi) is 3.94. The minimum absolute atomic E-state index is 0.477. The third kappa shape index (κ3) is 2.80. The van der Waals surface area contributed by atoms with Gasteiger partial charge in [-0.05, 0) is 24.7 Å². The second-order valence-electron chi connectivity index (χ2n) is 6.19. The number of nitrogens with one attached hydrogen (secondary N) is 3. The van der Waals surface area contributed by atoms with E-state index in [1.54, 1.807) is 6.33 Å². The van der Waals surface area contributed by atoms with Gasteiger partial charge in [-0.3, -0.25) is 0 Å². The minimum Gasteiger partial charge on any atom is -0.365 e. The van der Waals surface area contributed by atoms with Gasteiger partial charge >= 0.3 is 0 Å².